The molecule has 0 radical (unpaired) electrons. The van der Waals surface area contributed by atoms with Crippen LogP contribution < -0.4 is 4.74 Å². The number of methoxy groups -OCH3 is 1. The number of ether oxygens (including phenoxy) is 2. The third-order valence-electron chi connectivity index (χ3n) is 6.11. The fraction of sp³-hybridized carbons (Fsp3) is 0.333. The largest absolute Gasteiger partial charge is 0.491 e. The van der Waals surface area contributed by atoms with Gasteiger partial charge in [0.05, 0.1) is 18.3 Å². The van der Waals surface area contributed by atoms with Gasteiger partial charge in [0.15, 0.2) is 5.82 Å². The van der Waals surface area contributed by atoms with Crippen molar-refractivity contribution >= 4 is 28.4 Å². The first-order valence-corrected chi connectivity index (χ1v) is 12.2. The summed E-state index contributed by atoms with van der Waals surface area (Å²) in [7, 11) is 3.40. The zero-order valence-corrected chi connectivity index (χ0v) is 22.0. The van der Waals surface area contributed by atoms with E-state index in [0.717, 1.165) is 34.7 Å². The molecule has 0 atom stereocenters. The first-order valence-electron chi connectivity index (χ1n) is 11.8. The van der Waals surface area contributed by atoms with Crippen LogP contribution in [-0.2, 0) is 17.8 Å². The van der Waals surface area contributed by atoms with Crippen LogP contribution in [0.3, 0.4) is 0 Å². The zero-order chi connectivity index (χ0) is 25.8. The van der Waals surface area contributed by atoms with Crippen molar-refractivity contribution < 1.29 is 14.3 Å². The summed E-state index contributed by atoms with van der Waals surface area (Å²) >= 11 is 6.28. The average Bonchev–Trinajstić information content (AvgIpc) is 3.22. The molecule has 36 heavy (non-hydrogen) atoms. The maximum absolute atomic E-state index is 13.7. The number of carbonyl (C=O) groups excluding carboxylic acids is 1. The highest BCUT2D eigenvalue weighted by Gasteiger charge is 2.21. The third kappa shape index (κ3) is 5.34. The predicted molar refractivity (Wildman–Crippen MR) is 141 cm³/mol. The monoisotopic (exact) mass is 507 g/mol. The van der Waals surface area contributed by atoms with Gasteiger partial charge < -0.3 is 14.4 Å². The van der Waals surface area contributed by atoms with Gasteiger partial charge in [-0.3, -0.25) is 9.48 Å². The highest BCUT2D eigenvalue weighted by atomic mass is 35.5. The number of hydrogen-bond acceptors (Lipinski definition) is 6. The molecule has 188 valence electrons. The summed E-state index contributed by atoms with van der Waals surface area (Å²) in [6, 6.07) is 11.0. The standard InChI is InChI=1S/C27H30ClN5O3/c1-6-33-18(3)19(15-29-33)16-32(4)27(34)25-23-14-20(28)7-10-24(23)30-26(31-25)22-9-8-21(13-17(22)2)36-12-11-35-5/h7-10,13-15H,6,11-12,16H2,1-5H3. The molecule has 2 aromatic heterocycles. The summed E-state index contributed by atoms with van der Waals surface area (Å²) in [5.74, 6) is 0.990. The SMILES string of the molecule is CCn1ncc(CN(C)C(=O)c2nc(-c3ccc(OCCOC)cc3C)nc3ccc(Cl)cc23)c1C. The second-order valence-corrected chi connectivity index (χ2v) is 9.04. The maximum Gasteiger partial charge on any atom is 0.273 e. The Kier molecular flexibility index (Phi) is 7.86. The van der Waals surface area contributed by atoms with Crippen LogP contribution in [0.4, 0.5) is 0 Å². The lowest BCUT2D eigenvalue weighted by Crippen LogP contribution is -2.28. The van der Waals surface area contributed by atoms with Gasteiger partial charge in [-0.05, 0) is 62.7 Å². The van der Waals surface area contributed by atoms with E-state index in [0.29, 0.717) is 47.2 Å². The molecular formula is C27H30ClN5O3. The number of carbonyl (C=O) groups is 1. The minimum Gasteiger partial charge on any atom is -0.491 e. The molecule has 2 aromatic carbocycles. The normalized spacial score (nSPS) is 11.2. The summed E-state index contributed by atoms with van der Waals surface area (Å²) < 4.78 is 12.7. The first-order chi connectivity index (χ1) is 17.3. The number of fused-ring (bicyclic) bond motifs is 1. The highest BCUT2D eigenvalue weighted by Crippen LogP contribution is 2.29. The summed E-state index contributed by atoms with van der Waals surface area (Å²) in [5, 5.41) is 5.52. The van der Waals surface area contributed by atoms with Gasteiger partial charge >= 0.3 is 0 Å². The van der Waals surface area contributed by atoms with Crippen molar-refractivity contribution in [3.05, 3.63) is 70.1 Å². The molecule has 0 aliphatic heterocycles. The number of aryl methyl sites for hydroxylation is 2. The van der Waals surface area contributed by atoms with Crippen LogP contribution in [-0.4, -0.2) is 57.9 Å². The fourth-order valence-electron chi connectivity index (χ4n) is 4.07. The fourth-order valence-corrected chi connectivity index (χ4v) is 4.24. The second kappa shape index (κ2) is 11.1. The van der Waals surface area contributed by atoms with E-state index in [4.69, 9.17) is 31.0 Å². The van der Waals surface area contributed by atoms with Crippen molar-refractivity contribution in [2.24, 2.45) is 0 Å². The van der Waals surface area contributed by atoms with Gasteiger partial charge in [0, 0.05) is 54.5 Å². The van der Waals surface area contributed by atoms with E-state index in [-0.39, 0.29) is 5.91 Å². The summed E-state index contributed by atoms with van der Waals surface area (Å²) in [4.78, 5) is 24.8. The Hall–Kier alpha value is -3.49. The molecule has 0 unspecified atom stereocenters. The van der Waals surface area contributed by atoms with Crippen molar-refractivity contribution in [3.63, 3.8) is 0 Å². The molecule has 0 bridgehead atoms. The zero-order valence-electron chi connectivity index (χ0n) is 21.2. The lowest BCUT2D eigenvalue weighted by molar-refractivity contribution is 0.0781. The molecule has 4 aromatic rings. The number of benzene rings is 2. The molecule has 0 aliphatic carbocycles. The molecule has 8 nitrogen and oxygen atoms in total. The first kappa shape index (κ1) is 25.6. The van der Waals surface area contributed by atoms with Crippen LogP contribution in [0.1, 0.15) is 34.2 Å². The summed E-state index contributed by atoms with van der Waals surface area (Å²) in [5.41, 5.74) is 4.74. The molecule has 0 spiro atoms. The lowest BCUT2D eigenvalue weighted by Gasteiger charge is -2.18. The maximum atomic E-state index is 13.7. The van der Waals surface area contributed by atoms with E-state index in [9.17, 15) is 4.79 Å². The van der Waals surface area contributed by atoms with Crippen molar-refractivity contribution in [1.82, 2.24) is 24.6 Å². The van der Waals surface area contributed by atoms with Crippen molar-refractivity contribution in [3.8, 4) is 17.1 Å². The van der Waals surface area contributed by atoms with Crippen LogP contribution in [0.2, 0.25) is 5.02 Å². The van der Waals surface area contributed by atoms with Gasteiger partial charge in [-0.15, -0.1) is 0 Å². The average molecular weight is 508 g/mol. The van der Waals surface area contributed by atoms with Gasteiger partial charge in [-0.1, -0.05) is 11.6 Å². The molecule has 9 heteroatoms. The van der Waals surface area contributed by atoms with Crippen LogP contribution in [0, 0.1) is 13.8 Å². The Morgan fingerprint density at radius 1 is 1.11 bits per heavy atom. The molecule has 0 N–H and O–H groups in total. The van der Waals surface area contributed by atoms with Crippen LogP contribution in [0.25, 0.3) is 22.3 Å². The summed E-state index contributed by atoms with van der Waals surface area (Å²) in [6.07, 6.45) is 1.81. The Balaban J connectivity index is 1.71. The number of amides is 1. The Morgan fingerprint density at radius 2 is 1.92 bits per heavy atom. The number of rotatable bonds is 9. The van der Waals surface area contributed by atoms with Crippen molar-refractivity contribution in [2.45, 2.75) is 33.9 Å². The smallest absolute Gasteiger partial charge is 0.273 e. The molecule has 2 heterocycles. The van der Waals surface area contributed by atoms with E-state index in [1.165, 1.54) is 0 Å². The van der Waals surface area contributed by atoms with Crippen molar-refractivity contribution in [1.29, 1.82) is 0 Å². The van der Waals surface area contributed by atoms with Gasteiger partial charge in [-0.25, -0.2) is 9.97 Å². The molecular weight excluding hydrogens is 478 g/mol. The van der Waals surface area contributed by atoms with Crippen LogP contribution >= 0.6 is 11.6 Å². The van der Waals surface area contributed by atoms with Crippen molar-refractivity contribution in [2.75, 3.05) is 27.4 Å². The quantitative estimate of drug-likeness (QED) is 0.294. The Labute approximate surface area is 215 Å². The van der Waals surface area contributed by atoms with E-state index in [1.807, 2.05) is 55.9 Å². The third-order valence-corrected chi connectivity index (χ3v) is 6.35. The number of halogens is 1. The van der Waals surface area contributed by atoms with Crippen LogP contribution in [0.15, 0.2) is 42.6 Å². The minimum atomic E-state index is -0.216. The minimum absolute atomic E-state index is 0.216. The van der Waals surface area contributed by atoms with Gasteiger partial charge in [0.1, 0.15) is 18.1 Å². The van der Waals surface area contributed by atoms with E-state index in [2.05, 4.69) is 5.10 Å². The molecule has 0 saturated heterocycles. The molecule has 0 fully saturated rings. The molecule has 0 saturated carbocycles. The van der Waals surface area contributed by atoms with Gasteiger partial charge in [-0.2, -0.15) is 5.10 Å². The Bertz CT molecular complexity index is 1400. The van der Waals surface area contributed by atoms with E-state index < -0.39 is 0 Å². The van der Waals surface area contributed by atoms with Gasteiger partial charge in [0.2, 0.25) is 0 Å². The Morgan fingerprint density at radius 3 is 2.61 bits per heavy atom. The second-order valence-electron chi connectivity index (χ2n) is 8.61. The van der Waals surface area contributed by atoms with E-state index >= 15 is 0 Å². The van der Waals surface area contributed by atoms with E-state index in [1.54, 1.807) is 31.2 Å². The summed E-state index contributed by atoms with van der Waals surface area (Å²) in [6.45, 7) is 8.18. The van der Waals surface area contributed by atoms with Gasteiger partial charge in [0.25, 0.3) is 5.91 Å². The topological polar surface area (TPSA) is 82.4 Å². The molecule has 0 aliphatic rings. The predicted octanol–water partition coefficient (Wildman–Crippen LogP) is 5.08. The lowest BCUT2D eigenvalue weighted by atomic mass is 10.1. The number of aromatic nitrogens is 4. The van der Waals surface area contributed by atoms with Crippen LogP contribution in [0.5, 0.6) is 5.75 Å². The highest BCUT2D eigenvalue weighted by molar-refractivity contribution is 6.31. The number of hydrogen-bond donors (Lipinski definition) is 0. The molecule has 1 amide bonds. The number of nitrogens with zero attached hydrogens (tertiary/aromatic N) is 5. The molecule has 4 rings (SSSR count).